The number of nitrogens with zero attached hydrogens (tertiary/aromatic N) is 1. The van der Waals surface area contributed by atoms with Crippen LogP contribution < -0.4 is 5.32 Å². The highest BCUT2D eigenvalue weighted by Gasteiger charge is 2.25. The molecule has 0 atom stereocenters. The number of hydrogen-bond acceptors (Lipinski definition) is 5. The van der Waals surface area contributed by atoms with Gasteiger partial charge in [-0.15, -0.1) is 11.3 Å². The Hall–Kier alpha value is -0.470. The van der Waals surface area contributed by atoms with Crippen molar-refractivity contribution in [1.82, 2.24) is 9.62 Å². The van der Waals surface area contributed by atoms with Crippen molar-refractivity contribution in [2.24, 2.45) is 0 Å². The van der Waals surface area contributed by atoms with Crippen molar-refractivity contribution < 1.29 is 13.2 Å². The van der Waals surface area contributed by atoms with Crippen LogP contribution in [0.4, 0.5) is 0 Å². The summed E-state index contributed by atoms with van der Waals surface area (Å²) in [5, 5.41) is 3.42. The molecule has 1 fully saturated rings. The Morgan fingerprint density at radius 1 is 1.48 bits per heavy atom. The normalized spacial score (nSPS) is 15.8. The van der Waals surface area contributed by atoms with Crippen LogP contribution in [0.3, 0.4) is 0 Å². The van der Waals surface area contributed by atoms with Crippen LogP contribution in [0.15, 0.2) is 11.0 Å². The van der Waals surface area contributed by atoms with E-state index in [0.717, 1.165) is 16.3 Å². The van der Waals surface area contributed by atoms with Crippen LogP contribution in [0.2, 0.25) is 0 Å². The summed E-state index contributed by atoms with van der Waals surface area (Å²) < 4.78 is 31.7. The van der Waals surface area contributed by atoms with E-state index in [1.165, 1.54) is 17.1 Å². The molecule has 0 aromatic carbocycles. The zero-order valence-electron chi connectivity index (χ0n) is 12.9. The minimum absolute atomic E-state index is 0.376. The number of aryl methyl sites for hydroxylation is 1. The smallest absolute Gasteiger partial charge is 0.244 e. The molecule has 1 saturated carbocycles. The van der Waals surface area contributed by atoms with Gasteiger partial charge in [-0.1, -0.05) is 0 Å². The van der Waals surface area contributed by atoms with E-state index in [4.69, 9.17) is 4.74 Å². The maximum atomic E-state index is 12.6. The van der Waals surface area contributed by atoms with Crippen LogP contribution in [0, 0.1) is 6.92 Å². The Kier molecular flexibility index (Phi) is 5.79. The Labute approximate surface area is 131 Å². The minimum Gasteiger partial charge on any atom is -0.380 e. The number of rotatable bonds is 9. The fourth-order valence-electron chi connectivity index (χ4n) is 2.03. The quantitative estimate of drug-likeness (QED) is 0.703. The average molecular weight is 332 g/mol. The van der Waals surface area contributed by atoms with Crippen LogP contribution in [-0.4, -0.2) is 45.6 Å². The molecule has 0 amide bonds. The van der Waals surface area contributed by atoms with E-state index < -0.39 is 10.0 Å². The van der Waals surface area contributed by atoms with E-state index in [2.05, 4.69) is 5.32 Å². The first-order chi connectivity index (χ1) is 9.95. The number of nitrogens with one attached hydrogen (secondary N) is 1. The van der Waals surface area contributed by atoms with Crippen LogP contribution in [0.5, 0.6) is 0 Å². The molecule has 120 valence electrons. The second kappa shape index (κ2) is 7.19. The van der Waals surface area contributed by atoms with Gasteiger partial charge in [0.05, 0.1) is 11.5 Å². The van der Waals surface area contributed by atoms with Gasteiger partial charge >= 0.3 is 0 Å². The number of likely N-dealkylation sites (N-methyl/N-ethyl adjacent to an activating group) is 1. The summed E-state index contributed by atoms with van der Waals surface area (Å²) >= 11 is 1.56. The molecule has 1 aliphatic carbocycles. The highest BCUT2D eigenvalue weighted by Crippen LogP contribution is 2.28. The maximum absolute atomic E-state index is 12.6. The minimum atomic E-state index is -3.42. The second-order valence-electron chi connectivity index (χ2n) is 5.31. The van der Waals surface area contributed by atoms with Crippen molar-refractivity contribution in [3.63, 3.8) is 0 Å². The molecule has 0 aliphatic heterocycles. The summed E-state index contributed by atoms with van der Waals surface area (Å²) in [4.78, 5) is 2.36. The fraction of sp³-hybridized carbons (Fsp3) is 0.714. The molecule has 1 aliphatic rings. The lowest BCUT2D eigenvalue weighted by Crippen LogP contribution is -2.30. The van der Waals surface area contributed by atoms with Gasteiger partial charge in [0, 0.05) is 42.5 Å². The molecular formula is C14H24N2O3S2. The molecular weight excluding hydrogens is 308 g/mol. The van der Waals surface area contributed by atoms with E-state index in [-0.39, 0.29) is 0 Å². The van der Waals surface area contributed by atoms with Crippen molar-refractivity contribution in [2.75, 3.05) is 26.8 Å². The highest BCUT2D eigenvalue weighted by molar-refractivity contribution is 7.89. The topological polar surface area (TPSA) is 58.6 Å². The third-order valence-electron chi connectivity index (χ3n) is 3.51. The number of hydrogen-bond donors (Lipinski definition) is 1. The van der Waals surface area contributed by atoms with Gasteiger partial charge in [0.1, 0.15) is 0 Å². The first kappa shape index (κ1) is 16.9. The lowest BCUT2D eigenvalue weighted by Gasteiger charge is -2.16. The van der Waals surface area contributed by atoms with Crippen molar-refractivity contribution in [1.29, 1.82) is 0 Å². The molecule has 21 heavy (non-hydrogen) atoms. The average Bonchev–Trinajstić information content (AvgIpc) is 3.18. The Morgan fingerprint density at radius 3 is 2.81 bits per heavy atom. The van der Waals surface area contributed by atoms with Gasteiger partial charge in [0.25, 0.3) is 0 Å². The van der Waals surface area contributed by atoms with Crippen LogP contribution in [0.25, 0.3) is 0 Å². The molecule has 2 rings (SSSR count). The molecule has 1 aromatic heterocycles. The summed E-state index contributed by atoms with van der Waals surface area (Å²) in [6.07, 6.45) is 2.46. The van der Waals surface area contributed by atoms with Crippen LogP contribution in [-0.2, 0) is 21.3 Å². The first-order valence-corrected chi connectivity index (χ1v) is 9.57. The summed E-state index contributed by atoms with van der Waals surface area (Å²) in [7, 11) is -1.81. The van der Waals surface area contributed by atoms with Crippen molar-refractivity contribution >= 4 is 21.4 Å². The summed E-state index contributed by atoms with van der Waals surface area (Å²) in [6, 6.07) is 2.43. The van der Waals surface area contributed by atoms with Gasteiger partial charge in [-0.05, 0) is 32.8 Å². The zero-order chi connectivity index (χ0) is 15.5. The van der Waals surface area contributed by atoms with Gasteiger partial charge < -0.3 is 10.1 Å². The lowest BCUT2D eigenvalue weighted by atomic mass is 10.4. The summed E-state index contributed by atoms with van der Waals surface area (Å²) in [5.74, 6) is 0. The van der Waals surface area contributed by atoms with Crippen molar-refractivity contribution in [2.45, 2.75) is 44.2 Å². The first-order valence-electron chi connectivity index (χ1n) is 7.32. The van der Waals surface area contributed by atoms with Gasteiger partial charge in [-0.25, -0.2) is 8.42 Å². The molecule has 0 spiro atoms. The Bertz CT molecular complexity index is 565. The molecule has 1 aromatic rings. The molecule has 5 nitrogen and oxygen atoms in total. The summed E-state index contributed by atoms with van der Waals surface area (Å²) in [5.41, 5.74) is 0. The van der Waals surface area contributed by atoms with E-state index in [9.17, 15) is 8.42 Å². The van der Waals surface area contributed by atoms with Crippen molar-refractivity contribution in [3.05, 3.63) is 15.8 Å². The third kappa shape index (κ3) is 4.50. The van der Waals surface area contributed by atoms with E-state index >= 15 is 0 Å². The molecule has 1 N–H and O–H groups in total. The molecule has 7 heteroatoms. The zero-order valence-corrected chi connectivity index (χ0v) is 14.5. The monoisotopic (exact) mass is 332 g/mol. The Balaban J connectivity index is 2.03. The van der Waals surface area contributed by atoms with Gasteiger partial charge in [-0.3, -0.25) is 0 Å². The summed E-state index contributed by atoms with van der Waals surface area (Å²) in [6.45, 7) is 5.93. The fourth-order valence-corrected chi connectivity index (χ4v) is 4.73. The Morgan fingerprint density at radius 2 is 2.19 bits per heavy atom. The van der Waals surface area contributed by atoms with E-state index in [0.29, 0.717) is 30.7 Å². The molecule has 0 unspecified atom stereocenters. The largest absolute Gasteiger partial charge is 0.380 e. The van der Waals surface area contributed by atoms with Crippen LogP contribution >= 0.6 is 11.3 Å². The number of thiophene rings is 1. The van der Waals surface area contributed by atoms with E-state index in [1.54, 1.807) is 18.4 Å². The predicted octanol–water partition coefficient (Wildman–Crippen LogP) is 1.97. The SMILES string of the molecule is CCOCCN(C)S(=O)(=O)c1cc(CNC2CC2)sc1C. The molecule has 0 saturated heterocycles. The number of sulfonamides is 1. The predicted molar refractivity (Wildman–Crippen MR) is 85.2 cm³/mol. The molecule has 1 heterocycles. The molecule has 0 radical (unpaired) electrons. The van der Waals surface area contributed by atoms with E-state index in [1.807, 2.05) is 19.9 Å². The maximum Gasteiger partial charge on any atom is 0.244 e. The van der Waals surface area contributed by atoms with Gasteiger partial charge in [0.15, 0.2) is 0 Å². The van der Waals surface area contributed by atoms with Gasteiger partial charge in [-0.2, -0.15) is 4.31 Å². The van der Waals surface area contributed by atoms with Crippen molar-refractivity contribution in [3.8, 4) is 0 Å². The van der Waals surface area contributed by atoms with Gasteiger partial charge in [0.2, 0.25) is 10.0 Å². The molecule has 0 bridgehead atoms. The lowest BCUT2D eigenvalue weighted by molar-refractivity contribution is 0.138. The second-order valence-corrected chi connectivity index (χ2v) is 8.67. The van der Waals surface area contributed by atoms with Crippen LogP contribution in [0.1, 0.15) is 29.5 Å². The highest BCUT2D eigenvalue weighted by atomic mass is 32.2. The standard InChI is InChI=1S/C14H24N2O3S2/c1-4-19-8-7-16(3)21(17,18)14-9-13(20-11(14)2)10-15-12-5-6-12/h9,12,15H,4-8,10H2,1-3H3. The number of ether oxygens (including phenoxy) is 1. The third-order valence-corrected chi connectivity index (χ3v) is 6.67.